The van der Waals surface area contributed by atoms with Crippen LogP contribution in [-0.2, 0) is 4.79 Å². The Bertz CT molecular complexity index is 810. The van der Waals surface area contributed by atoms with E-state index in [0.717, 1.165) is 25.9 Å². The van der Waals surface area contributed by atoms with Crippen LogP contribution in [0.15, 0.2) is 36.4 Å². The Kier molecular flexibility index (Phi) is 5.89. The van der Waals surface area contributed by atoms with E-state index < -0.39 is 17.8 Å². The van der Waals surface area contributed by atoms with Crippen LogP contribution in [0.25, 0.3) is 0 Å². The molecule has 0 aromatic heterocycles. The maximum Gasteiger partial charge on any atom is 0.265 e. The smallest absolute Gasteiger partial charge is 0.265 e. The zero-order valence-electron chi connectivity index (χ0n) is 14.3. The van der Waals surface area contributed by atoms with E-state index in [9.17, 15) is 9.18 Å². The van der Waals surface area contributed by atoms with E-state index in [0.29, 0.717) is 16.5 Å². The van der Waals surface area contributed by atoms with Gasteiger partial charge in [-0.05, 0) is 44.0 Å². The largest absolute Gasteiger partial charge is 0.479 e. The van der Waals surface area contributed by atoms with E-state index in [1.165, 1.54) is 6.07 Å². The van der Waals surface area contributed by atoms with Gasteiger partial charge < -0.3 is 15.0 Å². The lowest BCUT2D eigenvalue weighted by Crippen LogP contribution is -2.31. The average Bonchev–Trinajstić information content (AvgIpc) is 3.15. The monoisotopic (exact) mass is 396 g/mol. The number of anilines is 2. The van der Waals surface area contributed by atoms with Gasteiger partial charge in [-0.2, -0.15) is 0 Å². The van der Waals surface area contributed by atoms with Crippen molar-refractivity contribution in [3.63, 3.8) is 0 Å². The number of carbonyl (C=O) groups is 1. The summed E-state index contributed by atoms with van der Waals surface area (Å²) in [7, 11) is 0. The molecule has 1 aliphatic heterocycles. The van der Waals surface area contributed by atoms with E-state index in [-0.39, 0.29) is 10.7 Å². The van der Waals surface area contributed by atoms with Crippen molar-refractivity contribution in [2.45, 2.75) is 25.9 Å². The average molecular weight is 397 g/mol. The van der Waals surface area contributed by atoms with E-state index in [1.54, 1.807) is 31.2 Å². The second-order valence-electron chi connectivity index (χ2n) is 6.13. The molecule has 0 spiro atoms. The Balaban J connectivity index is 1.76. The fourth-order valence-electron chi connectivity index (χ4n) is 2.90. The molecule has 3 rings (SSSR count). The highest BCUT2D eigenvalue weighted by Gasteiger charge is 2.23. The maximum atomic E-state index is 14.4. The van der Waals surface area contributed by atoms with Gasteiger partial charge in [0, 0.05) is 13.1 Å². The molecule has 1 unspecified atom stereocenters. The lowest BCUT2D eigenvalue weighted by Gasteiger charge is -2.23. The second-order valence-corrected chi connectivity index (χ2v) is 6.91. The van der Waals surface area contributed by atoms with Gasteiger partial charge in [-0.15, -0.1) is 0 Å². The summed E-state index contributed by atoms with van der Waals surface area (Å²) in [6, 6.07) is 9.71. The molecule has 1 heterocycles. The molecule has 1 fully saturated rings. The molecule has 1 amide bonds. The molecular weight excluding hydrogens is 378 g/mol. The molecular formula is C19H19Cl2FN2O2. The highest BCUT2D eigenvalue weighted by molar-refractivity contribution is 6.42. The highest BCUT2D eigenvalue weighted by Crippen LogP contribution is 2.33. The number of nitrogens with zero attached hydrogens (tertiary/aromatic N) is 1. The van der Waals surface area contributed by atoms with Crippen molar-refractivity contribution >= 4 is 40.5 Å². The molecule has 138 valence electrons. The summed E-state index contributed by atoms with van der Waals surface area (Å²) in [4.78, 5) is 14.6. The molecule has 1 atom stereocenters. The van der Waals surface area contributed by atoms with Crippen molar-refractivity contribution in [3.05, 3.63) is 52.3 Å². The maximum absolute atomic E-state index is 14.4. The Morgan fingerprint density at radius 1 is 1.19 bits per heavy atom. The summed E-state index contributed by atoms with van der Waals surface area (Å²) in [5, 5.41) is 3.22. The van der Waals surface area contributed by atoms with Gasteiger partial charge in [-0.1, -0.05) is 35.3 Å². The SMILES string of the molecule is CC(Oc1cccc(Cl)c1Cl)C(=O)Nc1c(F)cccc1N1CCCC1. The minimum absolute atomic E-state index is 0.173. The van der Waals surface area contributed by atoms with Gasteiger partial charge in [-0.3, -0.25) is 4.79 Å². The van der Waals surface area contributed by atoms with Crippen molar-refractivity contribution in [3.8, 4) is 5.75 Å². The van der Waals surface area contributed by atoms with Crippen LogP contribution in [0, 0.1) is 5.82 Å². The minimum Gasteiger partial charge on any atom is -0.479 e. The zero-order valence-corrected chi connectivity index (χ0v) is 15.8. The van der Waals surface area contributed by atoms with E-state index in [4.69, 9.17) is 27.9 Å². The van der Waals surface area contributed by atoms with Gasteiger partial charge in [0.2, 0.25) is 0 Å². The fourth-order valence-corrected chi connectivity index (χ4v) is 3.24. The summed E-state index contributed by atoms with van der Waals surface area (Å²) in [6.45, 7) is 3.26. The number of amides is 1. The molecule has 0 saturated carbocycles. The third-order valence-corrected chi connectivity index (χ3v) is 5.08. The Hall–Kier alpha value is -1.98. The van der Waals surface area contributed by atoms with Crippen LogP contribution < -0.4 is 15.0 Å². The quantitative estimate of drug-likeness (QED) is 0.760. The van der Waals surface area contributed by atoms with Crippen molar-refractivity contribution < 1.29 is 13.9 Å². The van der Waals surface area contributed by atoms with Crippen LogP contribution >= 0.6 is 23.2 Å². The number of rotatable bonds is 5. The van der Waals surface area contributed by atoms with Crippen molar-refractivity contribution in [1.82, 2.24) is 0 Å². The first-order chi connectivity index (χ1) is 12.5. The molecule has 1 aliphatic rings. The number of nitrogens with one attached hydrogen (secondary N) is 1. The van der Waals surface area contributed by atoms with Crippen LogP contribution in [0.4, 0.5) is 15.8 Å². The van der Waals surface area contributed by atoms with Crippen LogP contribution in [0.3, 0.4) is 0 Å². The van der Waals surface area contributed by atoms with Gasteiger partial charge in [0.15, 0.2) is 6.10 Å². The molecule has 2 aromatic carbocycles. The molecule has 0 aliphatic carbocycles. The number of benzene rings is 2. The first-order valence-electron chi connectivity index (χ1n) is 8.42. The third kappa shape index (κ3) is 4.05. The van der Waals surface area contributed by atoms with Crippen LogP contribution in [0.5, 0.6) is 5.75 Å². The first kappa shape index (κ1) is 18.8. The number of para-hydroxylation sites is 1. The van der Waals surface area contributed by atoms with Gasteiger partial charge in [0.1, 0.15) is 22.3 Å². The topological polar surface area (TPSA) is 41.6 Å². The Labute approximate surface area is 161 Å². The number of ether oxygens (including phenoxy) is 1. The molecule has 2 aromatic rings. The Morgan fingerprint density at radius 3 is 2.62 bits per heavy atom. The summed E-state index contributed by atoms with van der Waals surface area (Å²) in [6.07, 6.45) is 1.23. The summed E-state index contributed by atoms with van der Waals surface area (Å²) in [5.74, 6) is -0.641. The predicted octanol–water partition coefficient (Wildman–Crippen LogP) is 5.14. The molecule has 4 nitrogen and oxygen atoms in total. The number of hydrogen-bond donors (Lipinski definition) is 1. The van der Waals surface area contributed by atoms with Gasteiger partial charge in [-0.25, -0.2) is 4.39 Å². The lowest BCUT2D eigenvalue weighted by molar-refractivity contribution is -0.122. The lowest BCUT2D eigenvalue weighted by atomic mass is 10.2. The zero-order chi connectivity index (χ0) is 18.7. The fraction of sp³-hybridized carbons (Fsp3) is 0.316. The number of carbonyl (C=O) groups excluding carboxylic acids is 1. The molecule has 0 bridgehead atoms. The van der Waals surface area contributed by atoms with Crippen molar-refractivity contribution in [2.24, 2.45) is 0 Å². The summed E-state index contributed by atoms with van der Waals surface area (Å²) < 4.78 is 20.0. The van der Waals surface area contributed by atoms with E-state index in [1.807, 2.05) is 6.07 Å². The second kappa shape index (κ2) is 8.14. The molecule has 7 heteroatoms. The van der Waals surface area contributed by atoms with Crippen LogP contribution in [0.2, 0.25) is 10.0 Å². The van der Waals surface area contributed by atoms with E-state index >= 15 is 0 Å². The minimum atomic E-state index is -0.878. The Morgan fingerprint density at radius 2 is 1.88 bits per heavy atom. The number of hydrogen-bond acceptors (Lipinski definition) is 3. The molecule has 1 N–H and O–H groups in total. The predicted molar refractivity (Wildman–Crippen MR) is 103 cm³/mol. The van der Waals surface area contributed by atoms with Crippen LogP contribution in [-0.4, -0.2) is 25.1 Å². The van der Waals surface area contributed by atoms with Crippen molar-refractivity contribution in [1.29, 1.82) is 0 Å². The van der Waals surface area contributed by atoms with Gasteiger partial charge in [0.05, 0.1) is 10.7 Å². The molecule has 26 heavy (non-hydrogen) atoms. The molecule has 1 saturated heterocycles. The summed E-state index contributed by atoms with van der Waals surface area (Å²) >= 11 is 12.0. The third-order valence-electron chi connectivity index (χ3n) is 4.28. The molecule has 0 radical (unpaired) electrons. The normalized spacial score (nSPS) is 15.0. The highest BCUT2D eigenvalue weighted by atomic mass is 35.5. The van der Waals surface area contributed by atoms with Crippen LogP contribution in [0.1, 0.15) is 19.8 Å². The number of halogens is 3. The summed E-state index contributed by atoms with van der Waals surface area (Å²) in [5.41, 5.74) is 0.857. The van der Waals surface area contributed by atoms with E-state index in [2.05, 4.69) is 10.2 Å². The standard InChI is InChI=1S/C19H19Cl2FN2O2/c1-12(26-16-9-4-6-13(20)17(16)21)19(25)23-18-14(22)7-5-8-15(18)24-10-2-3-11-24/h4-9,12H,2-3,10-11H2,1H3,(H,23,25). The van der Waals surface area contributed by atoms with Gasteiger partial charge >= 0.3 is 0 Å². The van der Waals surface area contributed by atoms with Crippen molar-refractivity contribution in [2.75, 3.05) is 23.3 Å². The van der Waals surface area contributed by atoms with Gasteiger partial charge in [0.25, 0.3) is 5.91 Å². The first-order valence-corrected chi connectivity index (χ1v) is 9.18.